The predicted octanol–water partition coefficient (Wildman–Crippen LogP) is 3.00. The van der Waals surface area contributed by atoms with Crippen molar-refractivity contribution < 1.29 is 14.3 Å². The first-order chi connectivity index (χ1) is 9.24. The number of methoxy groups -OCH3 is 2. The molecule has 1 aliphatic rings. The highest BCUT2D eigenvalue weighted by Crippen LogP contribution is 2.43. The highest BCUT2D eigenvalue weighted by Gasteiger charge is 2.47. The molecule has 0 saturated carbocycles. The first kappa shape index (κ1) is 12.1. The second kappa shape index (κ2) is 4.30. The van der Waals surface area contributed by atoms with Crippen molar-refractivity contribution in [3.05, 3.63) is 59.7 Å². The van der Waals surface area contributed by atoms with E-state index in [1.807, 2.05) is 42.5 Å². The van der Waals surface area contributed by atoms with Crippen molar-refractivity contribution in [3.63, 3.8) is 0 Å². The molecule has 96 valence electrons. The van der Waals surface area contributed by atoms with Gasteiger partial charge in [-0.1, -0.05) is 48.5 Å². The van der Waals surface area contributed by atoms with Gasteiger partial charge in [0.05, 0.1) is 0 Å². The summed E-state index contributed by atoms with van der Waals surface area (Å²) < 4.78 is 10.9. The maximum atomic E-state index is 12.7. The van der Waals surface area contributed by atoms with Crippen LogP contribution in [0.1, 0.15) is 15.9 Å². The van der Waals surface area contributed by atoms with Gasteiger partial charge in [-0.25, -0.2) is 0 Å². The van der Waals surface area contributed by atoms with Gasteiger partial charge >= 0.3 is 0 Å². The van der Waals surface area contributed by atoms with E-state index < -0.39 is 5.79 Å². The Bertz CT molecular complexity index is 642. The highest BCUT2D eigenvalue weighted by molar-refractivity contribution is 6.11. The van der Waals surface area contributed by atoms with Gasteiger partial charge in [0.2, 0.25) is 5.78 Å². The van der Waals surface area contributed by atoms with E-state index in [1.54, 1.807) is 6.07 Å². The van der Waals surface area contributed by atoms with Crippen molar-refractivity contribution in [2.45, 2.75) is 5.79 Å². The summed E-state index contributed by atoms with van der Waals surface area (Å²) in [5, 5.41) is 0. The SMILES string of the molecule is COC1(OC)C(=O)c2ccccc2-c2ccccc21. The lowest BCUT2D eigenvalue weighted by molar-refractivity contribution is -0.176. The zero-order valence-electron chi connectivity index (χ0n) is 10.8. The Morgan fingerprint density at radius 3 is 1.95 bits per heavy atom. The van der Waals surface area contributed by atoms with Gasteiger partial charge in [0.1, 0.15) is 0 Å². The summed E-state index contributed by atoms with van der Waals surface area (Å²) in [6, 6.07) is 15.2. The van der Waals surface area contributed by atoms with E-state index in [0.717, 1.165) is 16.7 Å². The van der Waals surface area contributed by atoms with Gasteiger partial charge in [0, 0.05) is 25.3 Å². The van der Waals surface area contributed by atoms with E-state index in [4.69, 9.17) is 9.47 Å². The number of carbonyl (C=O) groups is 1. The molecule has 3 heteroatoms. The average molecular weight is 254 g/mol. The molecule has 1 aliphatic carbocycles. The molecule has 0 aliphatic heterocycles. The van der Waals surface area contributed by atoms with Crippen LogP contribution in [-0.4, -0.2) is 20.0 Å². The van der Waals surface area contributed by atoms with Crippen LogP contribution in [0, 0.1) is 0 Å². The maximum absolute atomic E-state index is 12.7. The summed E-state index contributed by atoms with van der Waals surface area (Å²) in [5.74, 6) is -1.50. The summed E-state index contributed by atoms with van der Waals surface area (Å²) in [4.78, 5) is 12.7. The zero-order valence-corrected chi connectivity index (χ0v) is 10.8. The van der Waals surface area contributed by atoms with E-state index in [0.29, 0.717) is 5.56 Å². The van der Waals surface area contributed by atoms with E-state index in [-0.39, 0.29) is 5.78 Å². The number of rotatable bonds is 2. The van der Waals surface area contributed by atoms with Gasteiger partial charge in [-0.05, 0) is 11.1 Å². The summed E-state index contributed by atoms with van der Waals surface area (Å²) >= 11 is 0. The third-order valence-corrected chi connectivity index (χ3v) is 3.62. The third-order valence-electron chi connectivity index (χ3n) is 3.62. The normalized spacial score (nSPS) is 15.8. The summed E-state index contributed by atoms with van der Waals surface area (Å²) in [5.41, 5.74) is 3.28. The topological polar surface area (TPSA) is 35.5 Å². The van der Waals surface area contributed by atoms with Crippen LogP contribution in [0.5, 0.6) is 0 Å². The summed E-state index contributed by atoms with van der Waals surface area (Å²) in [7, 11) is 2.98. The molecule has 0 radical (unpaired) electrons. The second-order valence-electron chi connectivity index (χ2n) is 4.45. The third kappa shape index (κ3) is 1.49. The summed E-state index contributed by atoms with van der Waals surface area (Å²) in [6.07, 6.45) is 0. The zero-order chi connectivity index (χ0) is 13.5. The van der Waals surface area contributed by atoms with Gasteiger partial charge in [-0.2, -0.15) is 0 Å². The quantitative estimate of drug-likeness (QED) is 0.773. The fourth-order valence-corrected chi connectivity index (χ4v) is 2.71. The Morgan fingerprint density at radius 2 is 1.32 bits per heavy atom. The lowest BCUT2D eigenvalue weighted by Crippen LogP contribution is -2.42. The standard InChI is InChI=1S/C16H14O3/c1-18-16(19-2)14-10-6-5-8-12(14)11-7-3-4-9-13(11)15(16)17/h3-10H,1-2H3. The van der Waals surface area contributed by atoms with Crippen molar-refractivity contribution >= 4 is 5.78 Å². The molecule has 3 nitrogen and oxygen atoms in total. The van der Waals surface area contributed by atoms with Gasteiger partial charge in [-0.15, -0.1) is 0 Å². The number of hydrogen-bond acceptors (Lipinski definition) is 3. The number of ether oxygens (including phenoxy) is 2. The van der Waals surface area contributed by atoms with Crippen molar-refractivity contribution in [2.75, 3.05) is 14.2 Å². The minimum atomic E-state index is -1.34. The van der Waals surface area contributed by atoms with Crippen LogP contribution < -0.4 is 0 Å². The van der Waals surface area contributed by atoms with Crippen molar-refractivity contribution in [3.8, 4) is 11.1 Å². The van der Waals surface area contributed by atoms with Crippen LogP contribution in [0.3, 0.4) is 0 Å². The van der Waals surface area contributed by atoms with E-state index in [9.17, 15) is 4.79 Å². The molecular weight excluding hydrogens is 240 g/mol. The number of ketones is 1. The number of benzene rings is 2. The lowest BCUT2D eigenvalue weighted by atomic mass is 9.80. The number of hydrogen-bond donors (Lipinski definition) is 0. The molecule has 0 unspecified atom stereocenters. The number of Topliss-reactive ketones (excluding diaryl/α,β-unsaturated/α-hetero) is 1. The molecule has 0 heterocycles. The fraction of sp³-hybridized carbons (Fsp3) is 0.188. The molecule has 0 N–H and O–H groups in total. The fourth-order valence-electron chi connectivity index (χ4n) is 2.71. The second-order valence-corrected chi connectivity index (χ2v) is 4.45. The van der Waals surface area contributed by atoms with E-state index >= 15 is 0 Å². The monoisotopic (exact) mass is 254 g/mol. The van der Waals surface area contributed by atoms with Gasteiger partial charge in [0.15, 0.2) is 0 Å². The molecule has 19 heavy (non-hydrogen) atoms. The largest absolute Gasteiger partial charge is 0.343 e. The molecule has 2 aromatic carbocycles. The molecule has 0 atom stereocenters. The number of carbonyl (C=O) groups excluding carboxylic acids is 1. The molecule has 0 fully saturated rings. The minimum Gasteiger partial charge on any atom is -0.343 e. The maximum Gasteiger partial charge on any atom is 0.261 e. The van der Waals surface area contributed by atoms with Crippen LogP contribution in [0.25, 0.3) is 11.1 Å². The first-order valence-electron chi connectivity index (χ1n) is 6.08. The Morgan fingerprint density at radius 1 is 0.789 bits per heavy atom. The Kier molecular flexibility index (Phi) is 2.73. The molecule has 2 aromatic rings. The van der Waals surface area contributed by atoms with Gasteiger partial charge in [0.25, 0.3) is 5.79 Å². The Balaban J connectivity index is 2.39. The van der Waals surface area contributed by atoms with Crippen molar-refractivity contribution in [1.82, 2.24) is 0 Å². The van der Waals surface area contributed by atoms with Crippen LogP contribution in [0.4, 0.5) is 0 Å². The molecule has 0 aromatic heterocycles. The van der Waals surface area contributed by atoms with Crippen LogP contribution in [-0.2, 0) is 15.3 Å². The molecule has 0 spiro atoms. The first-order valence-corrected chi connectivity index (χ1v) is 6.08. The highest BCUT2D eigenvalue weighted by atomic mass is 16.7. The van der Waals surface area contributed by atoms with Crippen LogP contribution >= 0.6 is 0 Å². The lowest BCUT2D eigenvalue weighted by Gasteiger charge is -2.35. The van der Waals surface area contributed by atoms with Gasteiger partial charge in [-0.3, -0.25) is 4.79 Å². The predicted molar refractivity (Wildman–Crippen MR) is 71.9 cm³/mol. The van der Waals surface area contributed by atoms with E-state index in [1.165, 1.54) is 14.2 Å². The Labute approximate surface area is 111 Å². The molecule has 0 bridgehead atoms. The van der Waals surface area contributed by atoms with Crippen molar-refractivity contribution in [1.29, 1.82) is 0 Å². The molecular formula is C16H14O3. The molecule has 0 saturated heterocycles. The van der Waals surface area contributed by atoms with Gasteiger partial charge < -0.3 is 9.47 Å². The average Bonchev–Trinajstić information content (AvgIpc) is 2.49. The molecule has 0 amide bonds. The van der Waals surface area contributed by atoms with Crippen LogP contribution in [0.2, 0.25) is 0 Å². The minimum absolute atomic E-state index is 0.160. The number of fused-ring (bicyclic) bond motifs is 3. The molecule has 3 rings (SSSR count). The van der Waals surface area contributed by atoms with E-state index in [2.05, 4.69) is 0 Å². The summed E-state index contributed by atoms with van der Waals surface area (Å²) in [6.45, 7) is 0. The van der Waals surface area contributed by atoms with Crippen molar-refractivity contribution in [2.24, 2.45) is 0 Å². The van der Waals surface area contributed by atoms with Crippen LogP contribution in [0.15, 0.2) is 48.5 Å². The smallest absolute Gasteiger partial charge is 0.261 e. The Hall–Kier alpha value is -1.97.